The van der Waals surface area contributed by atoms with E-state index in [2.05, 4.69) is 15.1 Å². The smallest absolute Gasteiger partial charge is 0.234 e. The summed E-state index contributed by atoms with van der Waals surface area (Å²) >= 11 is 0. The Balaban J connectivity index is 1.54. The largest absolute Gasteiger partial charge is 0.365 e. The summed E-state index contributed by atoms with van der Waals surface area (Å²) in [4.78, 5) is 17.9. The van der Waals surface area contributed by atoms with Gasteiger partial charge in [0.2, 0.25) is 5.91 Å². The van der Waals surface area contributed by atoms with Crippen molar-refractivity contribution in [3.05, 3.63) is 83.2 Å². The van der Waals surface area contributed by atoms with Crippen LogP contribution in [0.3, 0.4) is 0 Å². The highest BCUT2D eigenvalue weighted by atomic mass is 16.2. The van der Waals surface area contributed by atoms with E-state index in [1.807, 2.05) is 79.4 Å². The molecule has 1 fully saturated rings. The highest BCUT2D eigenvalue weighted by Gasteiger charge is 2.30. The van der Waals surface area contributed by atoms with Gasteiger partial charge in [-0.1, -0.05) is 60.7 Å². The van der Waals surface area contributed by atoms with E-state index < -0.39 is 0 Å². The molecule has 1 aliphatic rings. The molecule has 144 valence electrons. The van der Waals surface area contributed by atoms with E-state index in [9.17, 15) is 4.79 Å². The Hall–Kier alpha value is -3.08. The lowest BCUT2D eigenvalue weighted by Gasteiger charge is -2.37. The minimum atomic E-state index is -0.258. The Morgan fingerprint density at radius 3 is 1.89 bits per heavy atom. The van der Waals surface area contributed by atoms with Gasteiger partial charge in [0.1, 0.15) is 0 Å². The first-order valence-electron chi connectivity index (χ1n) is 9.80. The van der Waals surface area contributed by atoms with Crippen molar-refractivity contribution in [3.8, 4) is 0 Å². The van der Waals surface area contributed by atoms with Gasteiger partial charge in [0, 0.05) is 26.2 Å². The Morgan fingerprint density at radius 2 is 1.43 bits per heavy atom. The van der Waals surface area contributed by atoms with E-state index in [0.29, 0.717) is 0 Å². The topological polar surface area (TPSA) is 52.2 Å². The normalized spacial score (nSPS) is 14.5. The van der Waals surface area contributed by atoms with Crippen molar-refractivity contribution in [1.29, 1.82) is 0 Å². The molecule has 1 saturated heterocycles. The first kappa shape index (κ1) is 18.3. The minimum Gasteiger partial charge on any atom is -0.365 e. The van der Waals surface area contributed by atoms with Crippen molar-refractivity contribution in [2.45, 2.75) is 19.8 Å². The van der Waals surface area contributed by atoms with Gasteiger partial charge in [-0.05, 0) is 25.0 Å². The standard InChI is InChI=1S/C23H26N4O/c1-17-22(18(2)25-24-17)26-13-15-27(16-14-26)23(28)21(19-9-5-3-6-10-19)20-11-7-4-8-12-20/h3-12,21H,13-16H2,1-2H3,(H,24,25). The number of nitrogens with one attached hydrogen (secondary N) is 1. The molecule has 0 aliphatic carbocycles. The molecule has 0 radical (unpaired) electrons. The number of piperazine rings is 1. The van der Waals surface area contributed by atoms with E-state index >= 15 is 0 Å². The fraction of sp³-hybridized carbons (Fsp3) is 0.304. The first-order valence-corrected chi connectivity index (χ1v) is 9.80. The van der Waals surface area contributed by atoms with Crippen molar-refractivity contribution in [2.75, 3.05) is 31.1 Å². The second-order valence-corrected chi connectivity index (χ2v) is 7.35. The Kier molecular flexibility index (Phi) is 5.15. The number of rotatable bonds is 4. The number of anilines is 1. The van der Waals surface area contributed by atoms with Gasteiger partial charge in [-0.2, -0.15) is 5.10 Å². The summed E-state index contributed by atoms with van der Waals surface area (Å²) in [6, 6.07) is 20.2. The van der Waals surface area contributed by atoms with Crippen LogP contribution < -0.4 is 4.90 Å². The van der Waals surface area contributed by atoms with Crippen LogP contribution in [-0.4, -0.2) is 47.2 Å². The molecule has 3 aromatic rings. The van der Waals surface area contributed by atoms with Crippen LogP contribution in [0.2, 0.25) is 0 Å². The number of hydrogen-bond acceptors (Lipinski definition) is 3. The van der Waals surface area contributed by atoms with Crippen molar-refractivity contribution in [3.63, 3.8) is 0 Å². The summed E-state index contributed by atoms with van der Waals surface area (Å²) in [7, 11) is 0. The average Bonchev–Trinajstić information content (AvgIpc) is 3.08. The summed E-state index contributed by atoms with van der Waals surface area (Å²) in [6.07, 6.45) is 0. The van der Waals surface area contributed by atoms with Gasteiger partial charge >= 0.3 is 0 Å². The number of carbonyl (C=O) groups excluding carboxylic acids is 1. The second kappa shape index (κ2) is 7.89. The summed E-state index contributed by atoms with van der Waals surface area (Å²) in [5.74, 6) is -0.0796. The number of nitrogens with zero attached hydrogens (tertiary/aromatic N) is 3. The molecule has 5 nitrogen and oxygen atoms in total. The number of amides is 1. The van der Waals surface area contributed by atoms with Crippen LogP contribution in [0.15, 0.2) is 60.7 Å². The number of carbonyl (C=O) groups is 1. The van der Waals surface area contributed by atoms with Crippen LogP contribution in [0.4, 0.5) is 5.69 Å². The van der Waals surface area contributed by atoms with E-state index in [-0.39, 0.29) is 11.8 Å². The molecule has 1 aliphatic heterocycles. The molecular weight excluding hydrogens is 348 g/mol. The number of aromatic amines is 1. The van der Waals surface area contributed by atoms with Crippen LogP contribution in [0, 0.1) is 13.8 Å². The molecule has 4 rings (SSSR count). The van der Waals surface area contributed by atoms with Gasteiger partial charge in [0.15, 0.2) is 0 Å². The molecule has 2 heterocycles. The highest BCUT2D eigenvalue weighted by molar-refractivity contribution is 5.87. The third-order valence-electron chi connectivity index (χ3n) is 5.51. The van der Waals surface area contributed by atoms with Crippen LogP contribution in [0.1, 0.15) is 28.4 Å². The highest BCUT2D eigenvalue weighted by Crippen LogP contribution is 2.29. The number of aryl methyl sites for hydroxylation is 2. The molecule has 2 aromatic carbocycles. The zero-order valence-electron chi connectivity index (χ0n) is 16.4. The second-order valence-electron chi connectivity index (χ2n) is 7.35. The Bertz CT molecular complexity index is 869. The molecule has 0 bridgehead atoms. The predicted octanol–water partition coefficient (Wildman–Crippen LogP) is 3.51. The first-order chi connectivity index (χ1) is 13.6. The summed E-state index contributed by atoms with van der Waals surface area (Å²) < 4.78 is 0. The number of H-pyrrole nitrogens is 1. The monoisotopic (exact) mass is 374 g/mol. The fourth-order valence-corrected chi connectivity index (χ4v) is 4.11. The molecular formula is C23H26N4O. The Labute approximate surface area is 166 Å². The zero-order chi connectivity index (χ0) is 19.5. The zero-order valence-corrected chi connectivity index (χ0v) is 16.4. The third-order valence-corrected chi connectivity index (χ3v) is 5.51. The molecule has 0 atom stereocenters. The van der Waals surface area contributed by atoms with Crippen molar-refractivity contribution >= 4 is 11.6 Å². The SMILES string of the molecule is Cc1n[nH]c(C)c1N1CCN(C(=O)C(c2ccccc2)c2ccccc2)CC1. The summed E-state index contributed by atoms with van der Waals surface area (Å²) in [5.41, 5.74) is 5.37. The van der Waals surface area contributed by atoms with Crippen LogP contribution in [-0.2, 0) is 4.79 Å². The van der Waals surface area contributed by atoms with Crippen molar-refractivity contribution in [2.24, 2.45) is 0 Å². The van der Waals surface area contributed by atoms with Gasteiger partial charge in [-0.25, -0.2) is 0 Å². The van der Waals surface area contributed by atoms with Crippen LogP contribution >= 0.6 is 0 Å². The summed E-state index contributed by atoms with van der Waals surface area (Å²) in [5, 5.41) is 7.36. The van der Waals surface area contributed by atoms with Crippen LogP contribution in [0.5, 0.6) is 0 Å². The lowest BCUT2D eigenvalue weighted by molar-refractivity contribution is -0.132. The number of aromatic nitrogens is 2. The van der Waals surface area contributed by atoms with Crippen molar-refractivity contribution in [1.82, 2.24) is 15.1 Å². The molecule has 0 saturated carbocycles. The lowest BCUT2D eigenvalue weighted by Crippen LogP contribution is -2.50. The molecule has 1 aromatic heterocycles. The van der Waals surface area contributed by atoms with Gasteiger partial charge in [-0.15, -0.1) is 0 Å². The van der Waals surface area contributed by atoms with E-state index in [1.165, 1.54) is 5.69 Å². The van der Waals surface area contributed by atoms with Gasteiger partial charge < -0.3 is 9.80 Å². The maximum atomic E-state index is 13.5. The van der Waals surface area contributed by atoms with E-state index in [4.69, 9.17) is 0 Å². The van der Waals surface area contributed by atoms with E-state index in [1.54, 1.807) is 0 Å². The molecule has 0 spiro atoms. The van der Waals surface area contributed by atoms with Crippen molar-refractivity contribution < 1.29 is 4.79 Å². The molecule has 0 unspecified atom stereocenters. The third kappa shape index (κ3) is 3.52. The molecule has 1 amide bonds. The average molecular weight is 374 g/mol. The Morgan fingerprint density at radius 1 is 0.893 bits per heavy atom. The predicted molar refractivity (Wildman–Crippen MR) is 112 cm³/mol. The molecule has 1 N–H and O–H groups in total. The maximum Gasteiger partial charge on any atom is 0.234 e. The van der Waals surface area contributed by atoms with Crippen LogP contribution in [0.25, 0.3) is 0 Å². The lowest BCUT2D eigenvalue weighted by atomic mass is 9.90. The molecule has 28 heavy (non-hydrogen) atoms. The number of benzene rings is 2. The van der Waals surface area contributed by atoms with E-state index in [0.717, 1.165) is 48.7 Å². The van der Waals surface area contributed by atoms with Gasteiger partial charge in [0.25, 0.3) is 0 Å². The molecule has 5 heteroatoms. The fourth-order valence-electron chi connectivity index (χ4n) is 4.11. The number of hydrogen-bond donors (Lipinski definition) is 1. The van der Waals surface area contributed by atoms with Gasteiger partial charge in [-0.3, -0.25) is 9.89 Å². The summed E-state index contributed by atoms with van der Waals surface area (Å²) in [6.45, 7) is 7.16. The van der Waals surface area contributed by atoms with Gasteiger partial charge in [0.05, 0.1) is 23.0 Å². The minimum absolute atomic E-state index is 0.178. The maximum absolute atomic E-state index is 13.5. The quantitative estimate of drug-likeness (QED) is 0.760.